The fraction of sp³-hybridized carbons (Fsp3) is 0.263. The molecule has 2 rings (SSSR count). The Hall–Kier alpha value is -2.27. The van der Waals surface area contributed by atoms with Gasteiger partial charge in [-0.2, -0.15) is 0 Å². The number of thioether (sulfide) groups is 1. The van der Waals surface area contributed by atoms with Crippen LogP contribution in [0.4, 0.5) is 0 Å². The number of hydrogen-bond donors (Lipinski definition) is 1. The largest absolute Gasteiger partial charge is 0.452 e. The van der Waals surface area contributed by atoms with Crippen LogP contribution in [0.1, 0.15) is 21.5 Å². The quantitative estimate of drug-likeness (QED) is 0.476. The van der Waals surface area contributed by atoms with Crippen LogP contribution in [-0.2, 0) is 9.53 Å². The van der Waals surface area contributed by atoms with Gasteiger partial charge in [0, 0.05) is 17.2 Å². The second-order valence-corrected chi connectivity index (χ2v) is 6.63. The summed E-state index contributed by atoms with van der Waals surface area (Å²) < 4.78 is 5.02. The summed E-state index contributed by atoms with van der Waals surface area (Å²) in [6, 6.07) is 15.3. The molecule has 0 radical (unpaired) electrons. The van der Waals surface area contributed by atoms with E-state index in [1.165, 1.54) is 10.5 Å². The summed E-state index contributed by atoms with van der Waals surface area (Å²) >= 11 is 1.67. The third-order valence-electron chi connectivity index (χ3n) is 3.30. The van der Waals surface area contributed by atoms with Crippen molar-refractivity contribution in [2.75, 3.05) is 18.9 Å². The second-order valence-electron chi connectivity index (χ2n) is 5.46. The number of amides is 1. The number of carbonyl (C=O) groups excluding carboxylic acids is 2. The Morgan fingerprint density at radius 3 is 2.50 bits per heavy atom. The van der Waals surface area contributed by atoms with Crippen LogP contribution in [0.5, 0.6) is 0 Å². The predicted octanol–water partition coefficient (Wildman–Crippen LogP) is 3.37. The molecule has 0 atom stereocenters. The van der Waals surface area contributed by atoms with Gasteiger partial charge in [-0.25, -0.2) is 4.79 Å². The first-order valence-corrected chi connectivity index (χ1v) is 8.73. The Kier molecular flexibility index (Phi) is 6.88. The zero-order chi connectivity index (χ0) is 17.4. The molecule has 24 heavy (non-hydrogen) atoms. The Morgan fingerprint density at radius 1 is 1.04 bits per heavy atom. The average Bonchev–Trinajstić information content (AvgIpc) is 2.58. The number of rotatable bonds is 7. The van der Waals surface area contributed by atoms with E-state index in [0.717, 1.165) is 11.3 Å². The second kappa shape index (κ2) is 9.13. The number of carbonyl (C=O) groups is 2. The van der Waals surface area contributed by atoms with Crippen molar-refractivity contribution in [2.24, 2.45) is 0 Å². The van der Waals surface area contributed by atoms with Crippen LogP contribution in [0, 0.1) is 13.8 Å². The maximum absolute atomic E-state index is 11.8. The molecule has 0 fully saturated rings. The molecule has 0 aliphatic heterocycles. The highest BCUT2D eigenvalue weighted by Crippen LogP contribution is 2.17. The van der Waals surface area contributed by atoms with Gasteiger partial charge in [0.25, 0.3) is 5.91 Å². The highest BCUT2D eigenvalue weighted by atomic mass is 32.2. The monoisotopic (exact) mass is 343 g/mol. The van der Waals surface area contributed by atoms with Gasteiger partial charge in [0.1, 0.15) is 0 Å². The van der Waals surface area contributed by atoms with Gasteiger partial charge in [0.2, 0.25) is 0 Å². The van der Waals surface area contributed by atoms with Crippen molar-refractivity contribution in [2.45, 2.75) is 18.7 Å². The molecule has 0 saturated carbocycles. The van der Waals surface area contributed by atoms with Crippen LogP contribution in [0.3, 0.4) is 0 Å². The highest BCUT2D eigenvalue weighted by Gasteiger charge is 2.09. The minimum absolute atomic E-state index is 0.262. The van der Waals surface area contributed by atoms with Crippen LogP contribution in [0.2, 0.25) is 0 Å². The number of aryl methyl sites for hydroxylation is 2. The fourth-order valence-corrected chi connectivity index (χ4v) is 2.80. The third-order valence-corrected chi connectivity index (χ3v) is 4.32. The first-order valence-electron chi connectivity index (χ1n) is 7.74. The Balaban J connectivity index is 1.64. The molecule has 0 saturated heterocycles. The van der Waals surface area contributed by atoms with E-state index in [0.29, 0.717) is 12.1 Å². The molecule has 4 nitrogen and oxygen atoms in total. The van der Waals surface area contributed by atoms with Gasteiger partial charge in [-0.3, -0.25) is 4.79 Å². The molecule has 1 amide bonds. The Morgan fingerprint density at radius 2 is 1.79 bits per heavy atom. The molecule has 0 bridgehead atoms. The number of hydrogen-bond acceptors (Lipinski definition) is 4. The zero-order valence-corrected chi connectivity index (χ0v) is 14.7. The number of nitrogens with one attached hydrogen (secondary N) is 1. The fourth-order valence-electron chi connectivity index (χ4n) is 2.03. The van der Waals surface area contributed by atoms with Crippen molar-refractivity contribution < 1.29 is 14.3 Å². The first-order chi connectivity index (χ1) is 11.5. The molecule has 1 N–H and O–H groups in total. The standard InChI is InChI=1S/C19H21NO3S/c1-14-6-8-17(9-7-14)24-11-10-20-18(21)13-23-19(22)16-5-3-4-15(2)12-16/h3-9,12H,10-11,13H2,1-2H3,(H,20,21). The summed E-state index contributed by atoms with van der Waals surface area (Å²) in [5.41, 5.74) is 2.66. The third kappa shape index (κ3) is 6.08. The molecule has 0 heterocycles. The van der Waals surface area contributed by atoms with Gasteiger partial charge in [-0.05, 0) is 38.1 Å². The summed E-state index contributed by atoms with van der Waals surface area (Å²) in [6.45, 7) is 4.21. The van der Waals surface area contributed by atoms with Crippen LogP contribution in [0.25, 0.3) is 0 Å². The molecule has 0 unspecified atom stereocenters. The lowest BCUT2D eigenvalue weighted by Gasteiger charge is -2.07. The molecular weight excluding hydrogens is 322 g/mol. The molecule has 2 aromatic carbocycles. The van der Waals surface area contributed by atoms with Crippen molar-refractivity contribution in [3.63, 3.8) is 0 Å². The van der Waals surface area contributed by atoms with Gasteiger partial charge in [-0.15, -0.1) is 11.8 Å². The molecule has 5 heteroatoms. The van der Waals surface area contributed by atoms with Crippen LogP contribution < -0.4 is 5.32 Å². The summed E-state index contributed by atoms with van der Waals surface area (Å²) in [5, 5.41) is 2.75. The first kappa shape index (κ1) is 18.1. The van der Waals surface area contributed by atoms with Gasteiger partial charge in [0.05, 0.1) is 5.56 Å². The van der Waals surface area contributed by atoms with Gasteiger partial charge in [0.15, 0.2) is 6.61 Å². The minimum Gasteiger partial charge on any atom is -0.452 e. The summed E-state index contributed by atoms with van der Waals surface area (Å²) in [5.74, 6) is -0.0101. The molecular formula is C19H21NO3S. The van der Waals surface area contributed by atoms with Gasteiger partial charge in [-0.1, -0.05) is 35.4 Å². The summed E-state index contributed by atoms with van der Waals surface area (Å²) in [7, 11) is 0. The van der Waals surface area contributed by atoms with E-state index >= 15 is 0 Å². The summed E-state index contributed by atoms with van der Waals surface area (Å²) in [6.07, 6.45) is 0. The lowest BCUT2D eigenvalue weighted by molar-refractivity contribution is -0.124. The van der Waals surface area contributed by atoms with E-state index in [-0.39, 0.29) is 12.5 Å². The number of benzene rings is 2. The van der Waals surface area contributed by atoms with E-state index in [4.69, 9.17) is 4.74 Å². The van der Waals surface area contributed by atoms with E-state index in [9.17, 15) is 9.59 Å². The van der Waals surface area contributed by atoms with Gasteiger partial charge < -0.3 is 10.1 Å². The Labute approximate surface area is 146 Å². The number of ether oxygens (including phenoxy) is 1. The topological polar surface area (TPSA) is 55.4 Å². The lowest BCUT2D eigenvalue weighted by Crippen LogP contribution is -2.30. The van der Waals surface area contributed by atoms with Crippen LogP contribution >= 0.6 is 11.8 Å². The average molecular weight is 343 g/mol. The molecule has 0 aliphatic rings. The number of esters is 1. The molecule has 0 aromatic heterocycles. The van der Waals surface area contributed by atoms with Crippen molar-refractivity contribution in [1.29, 1.82) is 0 Å². The smallest absolute Gasteiger partial charge is 0.338 e. The highest BCUT2D eigenvalue weighted by molar-refractivity contribution is 7.99. The van der Waals surface area contributed by atoms with E-state index in [2.05, 4.69) is 29.6 Å². The van der Waals surface area contributed by atoms with Crippen LogP contribution in [-0.4, -0.2) is 30.8 Å². The van der Waals surface area contributed by atoms with E-state index < -0.39 is 5.97 Å². The molecule has 0 aliphatic carbocycles. The maximum atomic E-state index is 11.8. The van der Waals surface area contributed by atoms with Crippen molar-refractivity contribution >= 4 is 23.6 Å². The van der Waals surface area contributed by atoms with E-state index in [1.54, 1.807) is 30.0 Å². The van der Waals surface area contributed by atoms with Crippen molar-refractivity contribution in [3.8, 4) is 0 Å². The maximum Gasteiger partial charge on any atom is 0.338 e. The molecule has 0 spiro atoms. The zero-order valence-electron chi connectivity index (χ0n) is 13.9. The normalized spacial score (nSPS) is 10.2. The Bertz CT molecular complexity index is 698. The summed E-state index contributed by atoms with van der Waals surface area (Å²) in [4.78, 5) is 24.7. The van der Waals surface area contributed by atoms with E-state index in [1.807, 2.05) is 19.9 Å². The van der Waals surface area contributed by atoms with Crippen molar-refractivity contribution in [3.05, 3.63) is 65.2 Å². The van der Waals surface area contributed by atoms with Gasteiger partial charge >= 0.3 is 5.97 Å². The van der Waals surface area contributed by atoms with Crippen LogP contribution in [0.15, 0.2) is 53.4 Å². The molecule has 126 valence electrons. The minimum atomic E-state index is -0.483. The van der Waals surface area contributed by atoms with Crippen molar-refractivity contribution in [1.82, 2.24) is 5.32 Å². The SMILES string of the molecule is Cc1ccc(SCCNC(=O)COC(=O)c2cccc(C)c2)cc1. The molecule has 2 aromatic rings. The predicted molar refractivity (Wildman–Crippen MR) is 96.4 cm³/mol. The lowest BCUT2D eigenvalue weighted by atomic mass is 10.1.